The van der Waals surface area contributed by atoms with Gasteiger partial charge in [-0.25, -0.2) is 4.98 Å². The van der Waals surface area contributed by atoms with Crippen molar-refractivity contribution < 1.29 is 4.79 Å². The van der Waals surface area contributed by atoms with E-state index in [-0.39, 0.29) is 11.9 Å². The van der Waals surface area contributed by atoms with Crippen LogP contribution >= 0.6 is 11.8 Å². The van der Waals surface area contributed by atoms with Gasteiger partial charge in [0.25, 0.3) is 5.91 Å². The molecule has 1 amide bonds. The van der Waals surface area contributed by atoms with Gasteiger partial charge in [0.15, 0.2) is 0 Å². The van der Waals surface area contributed by atoms with Gasteiger partial charge in [-0.3, -0.25) is 4.79 Å². The molecule has 0 saturated heterocycles. The summed E-state index contributed by atoms with van der Waals surface area (Å²) >= 11 is 1.67. The van der Waals surface area contributed by atoms with E-state index in [9.17, 15) is 4.79 Å². The number of hydrogen-bond acceptors (Lipinski definition) is 4. The van der Waals surface area contributed by atoms with E-state index in [2.05, 4.69) is 51.8 Å². The number of thioether (sulfide) groups is 1. The number of unbranched alkanes of at least 4 members (excludes halogenated alkanes) is 1. The van der Waals surface area contributed by atoms with Crippen LogP contribution in [-0.2, 0) is 0 Å². The summed E-state index contributed by atoms with van der Waals surface area (Å²) in [4.78, 5) is 20.0. The maximum Gasteiger partial charge on any atom is 0.254 e. The number of nitrogens with zero attached hydrogens (tertiary/aromatic N) is 2. The van der Waals surface area contributed by atoms with Crippen LogP contribution in [-0.4, -0.2) is 35.3 Å². The third-order valence-corrected chi connectivity index (χ3v) is 5.40. The van der Waals surface area contributed by atoms with Crippen molar-refractivity contribution in [3.8, 4) is 0 Å². The Balaban J connectivity index is 3.08. The summed E-state index contributed by atoms with van der Waals surface area (Å²) in [7, 11) is 0. The van der Waals surface area contributed by atoms with E-state index in [1.54, 1.807) is 11.8 Å². The smallest absolute Gasteiger partial charge is 0.254 e. The molecule has 0 aliphatic rings. The summed E-state index contributed by atoms with van der Waals surface area (Å²) in [6.07, 6.45) is 5.37. The zero-order valence-corrected chi connectivity index (χ0v) is 18.3. The molecule has 0 saturated carbocycles. The minimum atomic E-state index is 0.00380. The molecule has 0 aliphatic carbocycles. The number of anilines is 1. The number of carbonyl (C=O) groups is 1. The molecule has 0 radical (unpaired) electrons. The zero-order chi connectivity index (χ0) is 19.5. The molecule has 26 heavy (non-hydrogen) atoms. The molecule has 1 unspecified atom stereocenters. The Morgan fingerprint density at radius 3 is 2.46 bits per heavy atom. The fourth-order valence-electron chi connectivity index (χ4n) is 2.87. The molecule has 4 nitrogen and oxygen atoms in total. The van der Waals surface area contributed by atoms with Crippen LogP contribution in [0.15, 0.2) is 17.2 Å². The number of aromatic nitrogens is 1. The Kier molecular flexibility index (Phi) is 10.7. The van der Waals surface area contributed by atoms with Crippen LogP contribution < -0.4 is 10.2 Å². The van der Waals surface area contributed by atoms with Crippen molar-refractivity contribution in [1.29, 1.82) is 0 Å². The molecule has 0 aromatic carbocycles. The average molecular weight is 380 g/mol. The van der Waals surface area contributed by atoms with Crippen molar-refractivity contribution in [3.05, 3.63) is 17.7 Å². The first-order valence-corrected chi connectivity index (χ1v) is 11.1. The van der Waals surface area contributed by atoms with Crippen LogP contribution in [0.2, 0.25) is 0 Å². The number of pyridine rings is 1. The van der Waals surface area contributed by atoms with Gasteiger partial charge in [-0.1, -0.05) is 47.5 Å². The minimum absolute atomic E-state index is 0.00380. The van der Waals surface area contributed by atoms with Crippen LogP contribution in [0.4, 0.5) is 5.82 Å². The first-order chi connectivity index (χ1) is 12.5. The summed E-state index contributed by atoms with van der Waals surface area (Å²) in [5, 5.41) is 4.41. The maximum atomic E-state index is 12.8. The topological polar surface area (TPSA) is 45.2 Å². The summed E-state index contributed by atoms with van der Waals surface area (Å²) in [5.74, 6) is 0.977. The highest BCUT2D eigenvalue weighted by Crippen LogP contribution is 2.28. The molecule has 1 rings (SSSR count). The fraction of sp³-hybridized carbons (Fsp3) is 0.714. The van der Waals surface area contributed by atoms with Crippen molar-refractivity contribution in [1.82, 2.24) is 10.3 Å². The third-order valence-electron chi connectivity index (χ3n) is 4.39. The predicted molar refractivity (Wildman–Crippen MR) is 114 cm³/mol. The molecule has 1 atom stereocenters. The quantitative estimate of drug-likeness (QED) is 0.486. The monoisotopic (exact) mass is 379 g/mol. The molecule has 1 aromatic heterocycles. The van der Waals surface area contributed by atoms with E-state index >= 15 is 0 Å². The van der Waals surface area contributed by atoms with Crippen molar-refractivity contribution in [2.24, 2.45) is 0 Å². The molecule has 0 aliphatic heterocycles. The van der Waals surface area contributed by atoms with E-state index in [1.165, 1.54) is 6.42 Å². The van der Waals surface area contributed by atoms with Gasteiger partial charge in [0.1, 0.15) is 10.8 Å². The summed E-state index contributed by atoms with van der Waals surface area (Å²) in [6.45, 7) is 14.9. The lowest BCUT2D eigenvalue weighted by Crippen LogP contribution is -2.35. The van der Waals surface area contributed by atoms with Crippen LogP contribution in [0.25, 0.3) is 0 Å². The molecular weight excluding hydrogens is 342 g/mol. The van der Waals surface area contributed by atoms with E-state index in [0.717, 1.165) is 49.6 Å². The highest BCUT2D eigenvalue weighted by atomic mass is 32.2. The SMILES string of the molecule is CCCCN(CC)c1ccc(C(=O)NC(CC)CCC)c(SC(C)C)n1. The summed E-state index contributed by atoms with van der Waals surface area (Å²) in [5.41, 5.74) is 0.702. The van der Waals surface area contributed by atoms with Crippen LogP contribution in [0, 0.1) is 0 Å². The Labute approximate surface area is 164 Å². The van der Waals surface area contributed by atoms with E-state index in [1.807, 2.05) is 12.1 Å². The largest absolute Gasteiger partial charge is 0.357 e. The lowest BCUT2D eigenvalue weighted by Gasteiger charge is -2.23. The van der Waals surface area contributed by atoms with Crippen LogP contribution in [0.1, 0.15) is 84.0 Å². The minimum Gasteiger partial charge on any atom is -0.357 e. The molecule has 0 fully saturated rings. The average Bonchev–Trinajstić information content (AvgIpc) is 2.61. The molecule has 1 N–H and O–H groups in total. The van der Waals surface area contributed by atoms with Gasteiger partial charge in [-0.15, -0.1) is 11.8 Å². The van der Waals surface area contributed by atoms with Gasteiger partial charge >= 0.3 is 0 Å². The second-order valence-corrected chi connectivity index (χ2v) is 8.55. The van der Waals surface area contributed by atoms with Gasteiger partial charge < -0.3 is 10.2 Å². The number of hydrogen-bond donors (Lipinski definition) is 1. The van der Waals surface area contributed by atoms with Crippen molar-refractivity contribution in [3.63, 3.8) is 0 Å². The van der Waals surface area contributed by atoms with E-state index in [4.69, 9.17) is 4.98 Å². The summed E-state index contributed by atoms with van der Waals surface area (Å²) in [6, 6.07) is 4.19. The van der Waals surface area contributed by atoms with E-state index in [0.29, 0.717) is 10.8 Å². The van der Waals surface area contributed by atoms with Gasteiger partial charge in [-0.05, 0) is 38.3 Å². The highest BCUT2D eigenvalue weighted by Gasteiger charge is 2.19. The lowest BCUT2D eigenvalue weighted by atomic mass is 10.1. The molecule has 1 heterocycles. The van der Waals surface area contributed by atoms with Crippen molar-refractivity contribution in [2.75, 3.05) is 18.0 Å². The number of carbonyl (C=O) groups excluding carboxylic acids is 1. The standard InChI is InChI=1S/C21H37N3OS/c1-7-11-15-24(10-4)19-14-13-18(21(23-19)26-16(5)6)20(25)22-17(9-3)12-8-2/h13-14,16-17H,7-12,15H2,1-6H3,(H,22,25). The molecular formula is C21H37N3OS. The Bertz CT molecular complexity index is 548. The number of nitrogens with one attached hydrogen (secondary N) is 1. The summed E-state index contributed by atoms with van der Waals surface area (Å²) < 4.78 is 0. The zero-order valence-electron chi connectivity index (χ0n) is 17.5. The first-order valence-electron chi connectivity index (χ1n) is 10.2. The second-order valence-electron chi connectivity index (χ2n) is 6.99. The first kappa shape index (κ1) is 22.8. The highest BCUT2D eigenvalue weighted by molar-refractivity contribution is 7.99. The molecule has 0 spiro atoms. The van der Waals surface area contributed by atoms with Crippen LogP contribution in [0.5, 0.6) is 0 Å². The predicted octanol–water partition coefficient (Wildman–Crippen LogP) is 5.52. The van der Waals surface area contributed by atoms with Gasteiger partial charge in [0.05, 0.1) is 5.56 Å². The molecule has 0 bridgehead atoms. The molecule has 1 aromatic rings. The number of rotatable bonds is 12. The normalized spacial score (nSPS) is 12.3. The molecule has 5 heteroatoms. The fourth-order valence-corrected chi connectivity index (χ4v) is 3.75. The van der Waals surface area contributed by atoms with Gasteiger partial charge in [-0.2, -0.15) is 0 Å². The van der Waals surface area contributed by atoms with Gasteiger partial charge in [0, 0.05) is 24.4 Å². The molecule has 148 valence electrons. The number of amides is 1. The lowest BCUT2D eigenvalue weighted by molar-refractivity contribution is 0.0930. The Morgan fingerprint density at radius 1 is 1.19 bits per heavy atom. The van der Waals surface area contributed by atoms with Crippen LogP contribution in [0.3, 0.4) is 0 Å². The van der Waals surface area contributed by atoms with Crippen molar-refractivity contribution >= 4 is 23.5 Å². The third kappa shape index (κ3) is 7.18. The Morgan fingerprint density at radius 2 is 1.92 bits per heavy atom. The van der Waals surface area contributed by atoms with Crippen molar-refractivity contribution in [2.45, 2.75) is 90.0 Å². The van der Waals surface area contributed by atoms with Gasteiger partial charge in [0.2, 0.25) is 0 Å². The maximum absolute atomic E-state index is 12.8. The van der Waals surface area contributed by atoms with E-state index < -0.39 is 0 Å². The Hall–Kier alpha value is -1.23. The second kappa shape index (κ2) is 12.2.